The van der Waals surface area contributed by atoms with E-state index in [4.69, 9.17) is 9.39 Å². The lowest BCUT2D eigenvalue weighted by molar-refractivity contribution is -0.138. The fourth-order valence-corrected chi connectivity index (χ4v) is 6.96. The van der Waals surface area contributed by atoms with Crippen molar-refractivity contribution in [2.75, 3.05) is 13.7 Å². The summed E-state index contributed by atoms with van der Waals surface area (Å²) in [5, 5.41) is 21.0. The molecule has 7 nitrogen and oxygen atoms in total. The van der Waals surface area contributed by atoms with Crippen LogP contribution in [0.25, 0.3) is 6.08 Å². The van der Waals surface area contributed by atoms with Crippen molar-refractivity contribution < 1.29 is 29.1 Å². The number of para-hydroxylation sites is 1. The van der Waals surface area contributed by atoms with E-state index in [0.29, 0.717) is 31.5 Å². The molecule has 2 aliphatic heterocycles. The molecule has 2 aromatic rings. The molecule has 2 aromatic carbocycles. The van der Waals surface area contributed by atoms with Crippen LogP contribution >= 0.6 is 0 Å². The lowest BCUT2D eigenvalue weighted by Gasteiger charge is -2.43. The van der Waals surface area contributed by atoms with Crippen LogP contribution in [0.2, 0.25) is 6.32 Å². The summed E-state index contributed by atoms with van der Waals surface area (Å²) in [6, 6.07) is 13.6. The fraction of sp³-hybridized carbons (Fsp3) is 0.455. The average Bonchev–Trinajstić information content (AvgIpc) is 3.17. The number of benzene rings is 2. The van der Waals surface area contributed by atoms with Crippen molar-refractivity contribution in [1.82, 2.24) is 4.90 Å². The van der Waals surface area contributed by atoms with Gasteiger partial charge in [0.2, 0.25) is 11.8 Å². The standard InChI is InChI=1S/C33H40BNO6/c1-5-9-22(16-23-14-20(2)31(36)21(3)15-23)12-13-28-29-24(19-40-25-10-7-6-8-11-25)17-26-30(27(29)18-34(39)41-28)33(38)35(4)32(26)37/h6-8,10-11,14-16,26-28,30,36,39H,5,9,12-13,17-19H2,1-4H3/b22-16+/t26-,27+,28-,30-/m1/s1. The Labute approximate surface area is 243 Å². The molecular formula is C33H40BNO6. The van der Waals surface area contributed by atoms with Gasteiger partial charge in [-0.3, -0.25) is 14.5 Å². The molecular weight excluding hydrogens is 517 g/mol. The van der Waals surface area contributed by atoms with Crippen LogP contribution in [0.15, 0.2) is 59.2 Å². The molecule has 0 bridgehead atoms. The number of phenolic OH excluding ortho intramolecular Hbond substituents is 1. The van der Waals surface area contributed by atoms with E-state index in [-0.39, 0.29) is 23.8 Å². The second kappa shape index (κ2) is 12.3. The average molecular weight is 557 g/mol. The molecule has 0 saturated carbocycles. The lowest BCUT2D eigenvalue weighted by atomic mass is 9.58. The van der Waals surface area contributed by atoms with Gasteiger partial charge in [-0.05, 0) is 104 Å². The number of ether oxygens (including phenoxy) is 1. The van der Waals surface area contributed by atoms with E-state index in [2.05, 4.69) is 13.0 Å². The van der Waals surface area contributed by atoms with Gasteiger partial charge in [0, 0.05) is 7.05 Å². The van der Waals surface area contributed by atoms with E-state index >= 15 is 0 Å². The first kappa shape index (κ1) is 29.1. The molecule has 0 unspecified atom stereocenters. The summed E-state index contributed by atoms with van der Waals surface area (Å²) in [5.74, 6) is -0.418. The van der Waals surface area contributed by atoms with E-state index in [1.54, 1.807) is 7.05 Å². The Bertz CT molecular complexity index is 1350. The van der Waals surface area contributed by atoms with Crippen LogP contribution in [0.4, 0.5) is 0 Å². The normalized spacial score (nSPS) is 24.6. The quantitative estimate of drug-likeness (QED) is 0.241. The van der Waals surface area contributed by atoms with Gasteiger partial charge in [0.15, 0.2) is 0 Å². The molecule has 3 aliphatic rings. The first-order chi connectivity index (χ1) is 19.7. The van der Waals surface area contributed by atoms with Gasteiger partial charge in [-0.15, -0.1) is 0 Å². The highest BCUT2D eigenvalue weighted by Gasteiger charge is 2.56. The molecule has 0 aromatic heterocycles. The van der Waals surface area contributed by atoms with Gasteiger partial charge in [0.1, 0.15) is 18.1 Å². The Morgan fingerprint density at radius 2 is 1.80 bits per heavy atom. The molecule has 0 spiro atoms. The number of aryl methyl sites for hydroxylation is 2. The zero-order chi connectivity index (χ0) is 29.3. The maximum atomic E-state index is 13.2. The third-order valence-electron chi connectivity index (χ3n) is 8.87. The van der Waals surface area contributed by atoms with E-state index in [9.17, 15) is 19.7 Å². The minimum Gasteiger partial charge on any atom is -0.507 e. The van der Waals surface area contributed by atoms with E-state index in [1.807, 2.05) is 56.3 Å². The maximum Gasteiger partial charge on any atom is 0.455 e. The molecule has 1 aliphatic carbocycles. The number of phenols is 1. The number of allylic oxidation sites excluding steroid dienone is 1. The second-order valence-electron chi connectivity index (χ2n) is 11.7. The smallest absolute Gasteiger partial charge is 0.455 e. The Kier molecular flexibility index (Phi) is 8.71. The molecule has 2 saturated heterocycles. The van der Waals surface area contributed by atoms with Crippen LogP contribution in [0.1, 0.15) is 55.7 Å². The summed E-state index contributed by atoms with van der Waals surface area (Å²) in [4.78, 5) is 27.6. The molecule has 8 heteroatoms. The minimum absolute atomic E-state index is 0.151. The summed E-state index contributed by atoms with van der Waals surface area (Å²) in [5.41, 5.74) is 6.04. The molecule has 41 heavy (non-hydrogen) atoms. The van der Waals surface area contributed by atoms with Gasteiger partial charge in [-0.25, -0.2) is 0 Å². The van der Waals surface area contributed by atoms with Gasteiger partial charge in [-0.1, -0.05) is 43.2 Å². The SMILES string of the molecule is CCC/C(=C\c1cc(C)c(O)c(C)c1)CC[C@H]1OB(O)C[C@H]2C1=C(COc1ccccc1)C[C@H]1C(=O)N(C)C(=O)[C@H]12. The van der Waals surface area contributed by atoms with Crippen LogP contribution in [0.5, 0.6) is 11.5 Å². The topological polar surface area (TPSA) is 96.3 Å². The molecule has 2 heterocycles. The number of likely N-dealkylation sites (tertiary alicyclic amines) is 1. The van der Waals surface area contributed by atoms with Crippen LogP contribution in [-0.4, -0.2) is 53.7 Å². The number of amides is 2. The molecule has 216 valence electrons. The summed E-state index contributed by atoms with van der Waals surface area (Å²) in [7, 11) is 0.559. The van der Waals surface area contributed by atoms with Crippen LogP contribution < -0.4 is 4.74 Å². The number of aromatic hydroxyl groups is 1. The fourth-order valence-electron chi connectivity index (χ4n) is 6.96. The van der Waals surface area contributed by atoms with Crippen molar-refractivity contribution in [3.63, 3.8) is 0 Å². The Hall–Kier alpha value is -3.36. The Balaban J connectivity index is 1.46. The highest BCUT2D eigenvalue weighted by molar-refractivity contribution is 6.43. The number of rotatable bonds is 9. The number of carbonyl (C=O) groups excluding carboxylic acids is 2. The predicted octanol–water partition coefficient (Wildman–Crippen LogP) is 5.48. The summed E-state index contributed by atoms with van der Waals surface area (Å²) >= 11 is 0. The van der Waals surface area contributed by atoms with Crippen molar-refractivity contribution in [2.45, 2.75) is 65.3 Å². The van der Waals surface area contributed by atoms with Gasteiger partial charge < -0.3 is 19.5 Å². The molecule has 0 radical (unpaired) electrons. The number of hydrogen-bond acceptors (Lipinski definition) is 6. The van der Waals surface area contributed by atoms with E-state index in [0.717, 1.165) is 52.8 Å². The van der Waals surface area contributed by atoms with E-state index < -0.39 is 19.0 Å². The van der Waals surface area contributed by atoms with Gasteiger partial charge in [0.05, 0.1) is 17.9 Å². The number of nitrogens with zero attached hydrogens (tertiary/aromatic N) is 1. The monoisotopic (exact) mass is 557 g/mol. The number of carbonyl (C=O) groups is 2. The number of hydrogen-bond donors (Lipinski definition) is 2. The highest BCUT2D eigenvalue weighted by atomic mass is 16.5. The Morgan fingerprint density at radius 3 is 2.49 bits per heavy atom. The molecule has 2 fully saturated rings. The van der Waals surface area contributed by atoms with Crippen molar-refractivity contribution in [3.8, 4) is 11.5 Å². The second-order valence-corrected chi connectivity index (χ2v) is 11.7. The predicted molar refractivity (Wildman–Crippen MR) is 159 cm³/mol. The lowest BCUT2D eigenvalue weighted by Crippen LogP contribution is -2.46. The minimum atomic E-state index is -1.00. The summed E-state index contributed by atoms with van der Waals surface area (Å²) < 4.78 is 12.3. The Morgan fingerprint density at radius 1 is 1.10 bits per heavy atom. The third kappa shape index (κ3) is 6.00. The first-order valence-electron chi connectivity index (χ1n) is 14.7. The van der Waals surface area contributed by atoms with Crippen LogP contribution in [0.3, 0.4) is 0 Å². The largest absolute Gasteiger partial charge is 0.507 e. The van der Waals surface area contributed by atoms with Crippen LogP contribution in [-0.2, 0) is 14.2 Å². The van der Waals surface area contributed by atoms with Gasteiger partial charge >= 0.3 is 7.12 Å². The maximum absolute atomic E-state index is 13.2. The zero-order valence-corrected chi connectivity index (χ0v) is 24.4. The first-order valence-corrected chi connectivity index (χ1v) is 14.7. The third-order valence-corrected chi connectivity index (χ3v) is 8.87. The van der Waals surface area contributed by atoms with Gasteiger partial charge in [-0.2, -0.15) is 0 Å². The van der Waals surface area contributed by atoms with Crippen molar-refractivity contribution in [3.05, 3.63) is 75.9 Å². The van der Waals surface area contributed by atoms with Gasteiger partial charge in [0.25, 0.3) is 0 Å². The molecule has 4 atom stereocenters. The molecule has 5 rings (SSSR count). The highest BCUT2D eigenvalue weighted by Crippen LogP contribution is 2.50. The number of imide groups is 1. The summed E-state index contributed by atoms with van der Waals surface area (Å²) in [6.07, 6.45) is 5.88. The number of fused-ring (bicyclic) bond motifs is 3. The zero-order valence-electron chi connectivity index (χ0n) is 24.4. The van der Waals surface area contributed by atoms with Crippen molar-refractivity contribution >= 4 is 25.0 Å². The van der Waals surface area contributed by atoms with Crippen molar-refractivity contribution in [1.29, 1.82) is 0 Å². The van der Waals surface area contributed by atoms with Crippen molar-refractivity contribution in [2.24, 2.45) is 17.8 Å². The van der Waals surface area contributed by atoms with E-state index in [1.165, 1.54) is 10.5 Å². The van der Waals surface area contributed by atoms with Crippen LogP contribution in [0, 0.1) is 31.6 Å². The summed E-state index contributed by atoms with van der Waals surface area (Å²) in [6.45, 7) is 6.28. The molecule has 2 amide bonds. The molecule has 2 N–H and O–H groups in total.